The van der Waals surface area contributed by atoms with Gasteiger partial charge < -0.3 is 19.4 Å². The normalized spacial score (nSPS) is 16.3. The molecule has 4 rings (SSSR count). The first-order valence-electron chi connectivity index (χ1n) is 8.65. The fraction of sp³-hybridized carbons (Fsp3) is 0.368. The van der Waals surface area contributed by atoms with Crippen LogP contribution in [0.3, 0.4) is 0 Å². The summed E-state index contributed by atoms with van der Waals surface area (Å²) in [7, 11) is 0. The van der Waals surface area contributed by atoms with Gasteiger partial charge in [-0.3, -0.25) is 0 Å². The SMILES string of the molecule is C[C@@H](NCc1cnc(N2CCOCC2)nc1)c1cc2ccccc2o1. The van der Waals surface area contributed by atoms with E-state index < -0.39 is 0 Å². The number of nitrogens with one attached hydrogen (secondary N) is 1. The largest absolute Gasteiger partial charge is 0.459 e. The van der Waals surface area contributed by atoms with E-state index in [1.54, 1.807) is 0 Å². The molecule has 0 spiro atoms. The first-order valence-corrected chi connectivity index (χ1v) is 8.65. The molecule has 1 aliphatic rings. The Balaban J connectivity index is 1.37. The van der Waals surface area contributed by atoms with Gasteiger partial charge in [0, 0.05) is 43.0 Å². The predicted molar refractivity (Wildman–Crippen MR) is 96.5 cm³/mol. The molecule has 0 unspecified atom stereocenters. The topological polar surface area (TPSA) is 63.4 Å². The number of furan rings is 1. The molecule has 1 atom stereocenters. The number of hydrogen-bond donors (Lipinski definition) is 1. The first kappa shape index (κ1) is 16.1. The molecule has 6 heteroatoms. The molecule has 3 aromatic rings. The highest BCUT2D eigenvalue weighted by Gasteiger charge is 2.14. The molecule has 3 heterocycles. The lowest BCUT2D eigenvalue weighted by atomic mass is 10.2. The minimum Gasteiger partial charge on any atom is -0.459 e. The summed E-state index contributed by atoms with van der Waals surface area (Å²) < 4.78 is 11.3. The summed E-state index contributed by atoms with van der Waals surface area (Å²) in [6.07, 6.45) is 3.77. The monoisotopic (exact) mass is 338 g/mol. The van der Waals surface area contributed by atoms with E-state index in [2.05, 4.69) is 39.2 Å². The van der Waals surface area contributed by atoms with E-state index in [1.165, 1.54) is 0 Å². The van der Waals surface area contributed by atoms with Gasteiger partial charge in [-0.1, -0.05) is 18.2 Å². The fourth-order valence-electron chi connectivity index (χ4n) is 2.95. The van der Waals surface area contributed by atoms with Crippen LogP contribution in [0.5, 0.6) is 0 Å². The van der Waals surface area contributed by atoms with Gasteiger partial charge in [0.1, 0.15) is 11.3 Å². The lowest BCUT2D eigenvalue weighted by Gasteiger charge is -2.26. The van der Waals surface area contributed by atoms with Crippen LogP contribution in [0, 0.1) is 0 Å². The summed E-state index contributed by atoms with van der Waals surface area (Å²) in [4.78, 5) is 11.1. The van der Waals surface area contributed by atoms with Gasteiger partial charge in [-0.2, -0.15) is 0 Å². The Labute approximate surface area is 146 Å². The van der Waals surface area contributed by atoms with Gasteiger partial charge in [-0.25, -0.2) is 9.97 Å². The molecule has 6 nitrogen and oxygen atoms in total. The fourth-order valence-corrected chi connectivity index (χ4v) is 2.95. The number of fused-ring (bicyclic) bond motifs is 1. The molecule has 0 amide bonds. The van der Waals surface area contributed by atoms with Gasteiger partial charge in [0.05, 0.1) is 19.3 Å². The van der Waals surface area contributed by atoms with Crippen molar-refractivity contribution < 1.29 is 9.15 Å². The number of ether oxygens (including phenoxy) is 1. The Morgan fingerprint density at radius 1 is 1.16 bits per heavy atom. The third kappa shape index (κ3) is 3.65. The molecule has 130 valence electrons. The molecule has 1 aliphatic heterocycles. The minimum atomic E-state index is 0.117. The highest BCUT2D eigenvalue weighted by Crippen LogP contribution is 2.23. The van der Waals surface area contributed by atoms with Crippen LogP contribution in [0.25, 0.3) is 11.0 Å². The summed E-state index contributed by atoms with van der Waals surface area (Å²) in [6, 6.07) is 10.3. The van der Waals surface area contributed by atoms with E-state index in [9.17, 15) is 0 Å². The van der Waals surface area contributed by atoms with Crippen molar-refractivity contribution in [2.75, 3.05) is 31.2 Å². The maximum atomic E-state index is 5.90. The highest BCUT2D eigenvalue weighted by atomic mass is 16.5. The van der Waals surface area contributed by atoms with E-state index in [1.807, 2.05) is 30.6 Å². The molecular formula is C19H22N4O2. The van der Waals surface area contributed by atoms with Crippen LogP contribution in [0.15, 0.2) is 47.1 Å². The minimum absolute atomic E-state index is 0.117. The summed E-state index contributed by atoms with van der Waals surface area (Å²) >= 11 is 0. The van der Waals surface area contributed by atoms with Crippen LogP contribution in [0.2, 0.25) is 0 Å². The summed E-state index contributed by atoms with van der Waals surface area (Å²) in [5.74, 6) is 1.71. The average Bonchev–Trinajstić information content (AvgIpc) is 3.11. The van der Waals surface area contributed by atoms with Gasteiger partial charge in [-0.15, -0.1) is 0 Å². The second kappa shape index (κ2) is 7.21. The molecule has 25 heavy (non-hydrogen) atoms. The maximum Gasteiger partial charge on any atom is 0.225 e. The molecule has 1 aromatic carbocycles. The van der Waals surface area contributed by atoms with E-state index in [0.29, 0.717) is 6.54 Å². The van der Waals surface area contributed by atoms with Gasteiger partial charge in [0.15, 0.2) is 0 Å². The smallest absolute Gasteiger partial charge is 0.225 e. The zero-order valence-electron chi connectivity index (χ0n) is 14.3. The number of para-hydroxylation sites is 1. The van der Waals surface area contributed by atoms with Gasteiger partial charge in [-0.05, 0) is 19.1 Å². The Morgan fingerprint density at radius 3 is 2.68 bits per heavy atom. The van der Waals surface area contributed by atoms with Gasteiger partial charge in [0.25, 0.3) is 0 Å². The lowest BCUT2D eigenvalue weighted by Crippen LogP contribution is -2.37. The Kier molecular flexibility index (Phi) is 4.63. The van der Waals surface area contributed by atoms with Crippen molar-refractivity contribution in [2.45, 2.75) is 19.5 Å². The van der Waals surface area contributed by atoms with Gasteiger partial charge >= 0.3 is 0 Å². The third-order valence-corrected chi connectivity index (χ3v) is 4.47. The number of hydrogen-bond acceptors (Lipinski definition) is 6. The Bertz CT molecular complexity index is 792. The van der Waals surface area contributed by atoms with E-state index >= 15 is 0 Å². The second-order valence-corrected chi connectivity index (χ2v) is 6.28. The van der Waals surface area contributed by atoms with E-state index in [4.69, 9.17) is 9.15 Å². The molecule has 1 saturated heterocycles. The zero-order valence-corrected chi connectivity index (χ0v) is 14.3. The van der Waals surface area contributed by atoms with Crippen molar-refractivity contribution >= 4 is 16.9 Å². The average molecular weight is 338 g/mol. The van der Waals surface area contributed by atoms with Crippen molar-refractivity contribution in [3.05, 3.63) is 54.0 Å². The number of anilines is 1. The second-order valence-electron chi connectivity index (χ2n) is 6.28. The molecule has 0 saturated carbocycles. The van der Waals surface area contributed by atoms with Crippen molar-refractivity contribution in [1.82, 2.24) is 15.3 Å². The van der Waals surface area contributed by atoms with Crippen LogP contribution < -0.4 is 10.2 Å². The highest BCUT2D eigenvalue weighted by molar-refractivity contribution is 5.77. The molecule has 0 aliphatic carbocycles. The van der Waals surface area contributed by atoms with Crippen LogP contribution in [-0.4, -0.2) is 36.3 Å². The van der Waals surface area contributed by atoms with Crippen LogP contribution >= 0.6 is 0 Å². The summed E-state index contributed by atoms with van der Waals surface area (Å²) in [6.45, 7) is 5.97. The van der Waals surface area contributed by atoms with Crippen molar-refractivity contribution in [2.24, 2.45) is 0 Å². The zero-order chi connectivity index (χ0) is 17.1. The number of nitrogens with zero attached hydrogens (tertiary/aromatic N) is 3. The molecule has 1 N–H and O–H groups in total. The number of aromatic nitrogens is 2. The molecule has 1 fully saturated rings. The maximum absolute atomic E-state index is 5.90. The summed E-state index contributed by atoms with van der Waals surface area (Å²) in [5.41, 5.74) is 1.98. The van der Waals surface area contributed by atoms with Gasteiger partial charge in [0.2, 0.25) is 5.95 Å². The van der Waals surface area contributed by atoms with Crippen molar-refractivity contribution in [3.8, 4) is 0 Å². The third-order valence-electron chi connectivity index (χ3n) is 4.47. The lowest BCUT2D eigenvalue weighted by molar-refractivity contribution is 0.122. The van der Waals surface area contributed by atoms with Crippen LogP contribution in [-0.2, 0) is 11.3 Å². The number of benzene rings is 1. The molecule has 0 bridgehead atoms. The Morgan fingerprint density at radius 2 is 1.92 bits per heavy atom. The quantitative estimate of drug-likeness (QED) is 0.772. The standard InChI is InChI=1S/C19H22N4O2/c1-14(18-10-16-4-2-3-5-17(16)25-18)20-11-15-12-21-19(22-13-15)23-6-8-24-9-7-23/h2-5,10,12-14,20H,6-9,11H2,1H3/t14-/m1/s1. The molecule has 0 radical (unpaired) electrons. The van der Waals surface area contributed by atoms with Crippen LogP contribution in [0.1, 0.15) is 24.3 Å². The molecular weight excluding hydrogens is 316 g/mol. The van der Waals surface area contributed by atoms with E-state index in [-0.39, 0.29) is 6.04 Å². The van der Waals surface area contributed by atoms with Crippen LogP contribution in [0.4, 0.5) is 5.95 Å². The number of rotatable bonds is 5. The Hall–Kier alpha value is -2.44. The first-order chi connectivity index (χ1) is 12.3. The molecule has 2 aromatic heterocycles. The van der Waals surface area contributed by atoms with Crippen molar-refractivity contribution in [3.63, 3.8) is 0 Å². The summed E-state index contributed by atoms with van der Waals surface area (Å²) in [5, 5.41) is 4.60. The number of morpholine rings is 1. The van der Waals surface area contributed by atoms with Crippen molar-refractivity contribution in [1.29, 1.82) is 0 Å². The van der Waals surface area contributed by atoms with E-state index in [0.717, 1.165) is 54.5 Å². The predicted octanol–water partition coefficient (Wildman–Crippen LogP) is 2.91.